The van der Waals surface area contributed by atoms with Gasteiger partial charge in [0.25, 0.3) is 0 Å². The molecule has 1 unspecified atom stereocenters. The molecule has 1 saturated heterocycles. The van der Waals surface area contributed by atoms with Crippen LogP contribution in [0.5, 0.6) is 0 Å². The predicted octanol–water partition coefficient (Wildman–Crippen LogP) is 2.12. The van der Waals surface area contributed by atoms with Gasteiger partial charge in [-0.1, -0.05) is 27.7 Å². The molecule has 0 aromatic heterocycles. The van der Waals surface area contributed by atoms with Crippen molar-refractivity contribution in [3.63, 3.8) is 0 Å². The van der Waals surface area contributed by atoms with Crippen LogP contribution in [0.4, 0.5) is 0 Å². The summed E-state index contributed by atoms with van der Waals surface area (Å²) in [5, 5.41) is 3.60. The molecule has 0 saturated carbocycles. The van der Waals surface area contributed by atoms with E-state index < -0.39 is 0 Å². The maximum atomic E-state index is 5.74. The lowest BCUT2D eigenvalue weighted by molar-refractivity contribution is -0.0256. The molecule has 0 amide bonds. The van der Waals surface area contributed by atoms with Crippen LogP contribution in [-0.4, -0.2) is 50.3 Å². The predicted molar refractivity (Wildman–Crippen MR) is 73.4 cm³/mol. The van der Waals surface area contributed by atoms with E-state index in [4.69, 9.17) is 4.74 Å². The minimum absolute atomic E-state index is 0.328. The Balaban J connectivity index is 2.57. The van der Waals surface area contributed by atoms with Crippen molar-refractivity contribution in [3.05, 3.63) is 0 Å². The lowest BCUT2D eigenvalue weighted by Gasteiger charge is -2.41. The SMILES string of the molecule is CCN(CC)CC1(CNC(C)C)CCCOC1. The fourth-order valence-corrected chi connectivity index (χ4v) is 2.57. The number of nitrogens with one attached hydrogen (secondary N) is 1. The van der Waals surface area contributed by atoms with Gasteiger partial charge in [0.1, 0.15) is 0 Å². The Bertz CT molecular complexity index is 196. The van der Waals surface area contributed by atoms with E-state index in [1.165, 1.54) is 19.4 Å². The minimum atomic E-state index is 0.328. The summed E-state index contributed by atoms with van der Waals surface area (Å²) in [7, 11) is 0. The molecule has 0 spiro atoms. The van der Waals surface area contributed by atoms with Crippen LogP contribution in [0.25, 0.3) is 0 Å². The molecule has 0 bridgehead atoms. The van der Waals surface area contributed by atoms with Crippen molar-refractivity contribution >= 4 is 0 Å². The monoisotopic (exact) mass is 242 g/mol. The Morgan fingerprint density at radius 2 is 2.00 bits per heavy atom. The van der Waals surface area contributed by atoms with Crippen molar-refractivity contribution in [2.24, 2.45) is 5.41 Å². The quantitative estimate of drug-likeness (QED) is 0.740. The summed E-state index contributed by atoms with van der Waals surface area (Å²) < 4.78 is 5.74. The maximum Gasteiger partial charge on any atom is 0.0546 e. The molecular formula is C14H30N2O. The maximum absolute atomic E-state index is 5.74. The highest BCUT2D eigenvalue weighted by Crippen LogP contribution is 2.29. The Morgan fingerprint density at radius 3 is 2.47 bits per heavy atom. The van der Waals surface area contributed by atoms with Crippen LogP contribution in [0.15, 0.2) is 0 Å². The summed E-state index contributed by atoms with van der Waals surface area (Å²) in [4.78, 5) is 2.52. The molecular weight excluding hydrogens is 212 g/mol. The first kappa shape index (κ1) is 14.9. The van der Waals surface area contributed by atoms with E-state index in [1.54, 1.807) is 0 Å². The van der Waals surface area contributed by atoms with Gasteiger partial charge in [-0.3, -0.25) is 0 Å². The van der Waals surface area contributed by atoms with E-state index in [2.05, 4.69) is 37.9 Å². The normalized spacial score (nSPS) is 25.8. The van der Waals surface area contributed by atoms with Gasteiger partial charge in [-0.25, -0.2) is 0 Å². The number of ether oxygens (including phenoxy) is 1. The van der Waals surface area contributed by atoms with Crippen molar-refractivity contribution in [1.29, 1.82) is 0 Å². The highest BCUT2D eigenvalue weighted by atomic mass is 16.5. The molecule has 0 aromatic rings. The number of rotatable bonds is 7. The molecule has 1 rings (SSSR count). The molecule has 1 atom stereocenters. The van der Waals surface area contributed by atoms with Gasteiger partial charge in [-0.15, -0.1) is 0 Å². The zero-order chi connectivity index (χ0) is 12.7. The van der Waals surface area contributed by atoms with Crippen molar-refractivity contribution < 1.29 is 4.74 Å². The first-order chi connectivity index (χ1) is 8.12. The second kappa shape index (κ2) is 7.34. The molecule has 3 nitrogen and oxygen atoms in total. The summed E-state index contributed by atoms with van der Waals surface area (Å²) in [6.07, 6.45) is 2.50. The molecule has 0 radical (unpaired) electrons. The first-order valence-electron chi connectivity index (χ1n) is 7.15. The second-order valence-corrected chi connectivity index (χ2v) is 5.65. The van der Waals surface area contributed by atoms with Crippen molar-refractivity contribution in [2.45, 2.75) is 46.6 Å². The van der Waals surface area contributed by atoms with Gasteiger partial charge in [0.15, 0.2) is 0 Å². The highest BCUT2D eigenvalue weighted by molar-refractivity contribution is 4.87. The van der Waals surface area contributed by atoms with E-state index in [-0.39, 0.29) is 0 Å². The summed E-state index contributed by atoms with van der Waals surface area (Å²) in [6, 6.07) is 0.561. The van der Waals surface area contributed by atoms with E-state index in [0.29, 0.717) is 11.5 Å². The first-order valence-corrected chi connectivity index (χ1v) is 7.15. The molecule has 0 aromatic carbocycles. The summed E-state index contributed by atoms with van der Waals surface area (Å²) in [5.41, 5.74) is 0.328. The Morgan fingerprint density at radius 1 is 1.29 bits per heavy atom. The lowest BCUT2D eigenvalue weighted by Crippen LogP contribution is -2.50. The van der Waals surface area contributed by atoms with Gasteiger partial charge in [0.05, 0.1) is 6.61 Å². The van der Waals surface area contributed by atoms with E-state index in [1.807, 2.05) is 0 Å². The van der Waals surface area contributed by atoms with E-state index in [0.717, 1.165) is 32.8 Å². The molecule has 17 heavy (non-hydrogen) atoms. The Labute approximate surface area is 107 Å². The average molecular weight is 242 g/mol. The highest BCUT2D eigenvalue weighted by Gasteiger charge is 2.34. The summed E-state index contributed by atoms with van der Waals surface area (Å²) >= 11 is 0. The molecule has 1 aliphatic heterocycles. The molecule has 102 valence electrons. The molecule has 1 N–H and O–H groups in total. The molecule has 1 aliphatic rings. The molecule has 1 fully saturated rings. The summed E-state index contributed by atoms with van der Waals surface area (Å²) in [6.45, 7) is 15.3. The van der Waals surface area contributed by atoms with E-state index >= 15 is 0 Å². The Kier molecular flexibility index (Phi) is 6.45. The van der Waals surface area contributed by atoms with Gasteiger partial charge in [0.2, 0.25) is 0 Å². The zero-order valence-corrected chi connectivity index (χ0v) is 12.1. The minimum Gasteiger partial charge on any atom is -0.381 e. The standard InChI is InChI=1S/C14H30N2O/c1-5-16(6-2)11-14(10-15-13(3)4)8-7-9-17-12-14/h13,15H,5-12H2,1-4H3. The lowest BCUT2D eigenvalue weighted by atomic mass is 9.81. The number of hydrogen-bond donors (Lipinski definition) is 1. The molecule has 0 aliphatic carbocycles. The van der Waals surface area contributed by atoms with Crippen LogP contribution >= 0.6 is 0 Å². The third kappa shape index (κ3) is 4.94. The Hall–Kier alpha value is -0.120. The van der Waals surface area contributed by atoms with Crippen LogP contribution in [0, 0.1) is 5.41 Å². The van der Waals surface area contributed by atoms with Gasteiger partial charge in [-0.2, -0.15) is 0 Å². The van der Waals surface area contributed by atoms with Gasteiger partial charge >= 0.3 is 0 Å². The average Bonchev–Trinajstić information content (AvgIpc) is 2.35. The van der Waals surface area contributed by atoms with Gasteiger partial charge in [-0.05, 0) is 25.9 Å². The van der Waals surface area contributed by atoms with Crippen molar-refractivity contribution in [3.8, 4) is 0 Å². The molecule has 1 heterocycles. The van der Waals surface area contributed by atoms with Gasteiger partial charge in [0, 0.05) is 31.2 Å². The largest absolute Gasteiger partial charge is 0.381 e. The topological polar surface area (TPSA) is 24.5 Å². The molecule has 3 heteroatoms. The number of nitrogens with zero attached hydrogens (tertiary/aromatic N) is 1. The fraction of sp³-hybridized carbons (Fsp3) is 1.00. The van der Waals surface area contributed by atoms with Crippen LogP contribution in [-0.2, 0) is 4.74 Å². The van der Waals surface area contributed by atoms with Gasteiger partial charge < -0.3 is 15.0 Å². The number of hydrogen-bond acceptors (Lipinski definition) is 3. The van der Waals surface area contributed by atoms with E-state index in [9.17, 15) is 0 Å². The van der Waals surface area contributed by atoms with Crippen LogP contribution in [0.2, 0.25) is 0 Å². The van der Waals surface area contributed by atoms with Crippen LogP contribution < -0.4 is 5.32 Å². The van der Waals surface area contributed by atoms with Crippen molar-refractivity contribution in [2.75, 3.05) is 39.4 Å². The third-order valence-corrected chi connectivity index (χ3v) is 3.74. The van der Waals surface area contributed by atoms with Crippen LogP contribution in [0.1, 0.15) is 40.5 Å². The van der Waals surface area contributed by atoms with Crippen LogP contribution in [0.3, 0.4) is 0 Å². The summed E-state index contributed by atoms with van der Waals surface area (Å²) in [5.74, 6) is 0. The third-order valence-electron chi connectivity index (χ3n) is 3.74. The van der Waals surface area contributed by atoms with Crippen molar-refractivity contribution in [1.82, 2.24) is 10.2 Å². The fourth-order valence-electron chi connectivity index (χ4n) is 2.57. The smallest absolute Gasteiger partial charge is 0.0546 e. The second-order valence-electron chi connectivity index (χ2n) is 5.65. The zero-order valence-electron chi connectivity index (χ0n) is 12.1.